The van der Waals surface area contributed by atoms with E-state index in [-0.39, 0.29) is 12.5 Å². The quantitative estimate of drug-likeness (QED) is 0.726. The van der Waals surface area contributed by atoms with Gasteiger partial charge in [0.05, 0.1) is 6.54 Å². The molecule has 2 N–H and O–H groups in total. The first-order valence-corrected chi connectivity index (χ1v) is 7.03. The molecule has 1 amide bonds. The van der Waals surface area contributed by atoms with Gasteiger partial charge >= 0.3 is 0 Å². The number of nitrogens with zero attached hydrogens (tertiary/aromatic N) is 2. The van der Waals surface area contributed by atoms with E-state index >= 15 is 0 Å². The van der Waals surface area contributed by atoms with Gasteiger partial charge in [0, 0.05) is 32.2 Å². The van der Waals surface area contributed by atoms with E-state index < -0.39 is 0 Å². The van der Waals surface area contributed by atoms with Crippen LogP contribution in [0.3, 0.4) is 0 Å². The molecule has 17 heavy (non-hydrogen) atoms. The molecule has 0 bridgehead atoms. The predicted octanol–water partition coefficient (Wildman–Crippen LogP) is 0.812. The SMILES string of the molecule is NCC(=O)N1CCN(C2CCCCCC2)CC1. The molecule has 0 atom stereocenters. The van der Waals surface area contributed by atoms with Crippen LogP contribution in [0, 0.1) is 0 Å². The Hall–Kier alpha value is -0.610. The third-order valence-electron chi connectivity index (χ3n) is 4.18. The fraction of sp³-hybridized carbons (Fsp3) is 0.923. The summed E-state index contributed by atoms with van der Waals surface area (Å²) in [7, 11) is 0. The maximum atomic E-state index is 11.5. The molecule has 0 unspecified atom stereocenters. The van der Waals surface area contributed by atoms with Gasteiger partial charge in [-0.25, -0.2) is 0 Å². The van der Waals surface area contributed by atoms with E-state index in [2.05, 4.69) is 4.90 Å². The largest absolute Gasteiger partial charge is 0.339 e. The topological polar surface area (TPSA) is 49.6 Å². The van der Waals surface area contributed by atoms with Crippen molar-refractivity contribution in [2.24, 2.45) is 5.73 Å². The standard InChI is InChI=1S/C13H25N3O/c14-11-13(17)16-9-7-15(8-10-16)12-5-3-1-2-4-6-12/h12H,1-11,14H2. The summed E-state index contributed by atoms with van der Waals surface area (Å²) in [6.45, 7) is 3.97. The van der Waals surface area contributed by atoms with Crippen molar-refractivity contribution in [3.63, 3.8) is 0 Å². The highest BCUT2D eigenvalue weighted by molar-refractivity contribution is 5.78. The van der Waals surface area contributed by atoms with E-state index in [9.17, 15) is 4.79 Å². The molecule has 0 aromatic carbocycles. The maximum absolute atomic E-state index is 11.5. The molecule has 4 heteroatoms. The lowest BCUT2D eigenvalue weighted by atomic mass is 10.1. The average Bonchev–Trinajstić information content (AvgIpc) is 2.67. The minimum atomic E-state index is 0.102. The molecular formula is C13H25N3O. The molecule has 0 spiro atoms. The zero-order valence-electron chi connectivity index (χ0n) is 10.7. The van der Waals surface area contributed by atoms with Crippen LogP contribution in [0.15, 0.2) is 0 Å². The molecule has 2 aliphatic rings. The van der Waals surface area contributed by atoms with E-state index in [1.54, 1.807) is 0 Å². The van der Waals surface area contributed by atoms with Gasteiger partial charge in [0.1, 0.15) is 0 Å². The second-order valence-electron chi connectivity index (χ2n) is 5.27. The number of carbonyl (C=O) groups excluding carboxylic acids is 1. The Morgan fingerprint density at radius 2 is 1.59 bits per heavy atom. The van der Waals surface area contributed by atoms with Crippen LogP contribution < -0.4 is 5.73 Å². The normalized spacial score (nSPS) is 24.6. The smallest absolute Gasteiger partial charge is 0.236 e. The van der Waals surface area contributed by atoms with E-state index in [0.29, 0.717) is 0 Å². The Kier molecular flexibility index (Phi) is 4.80. The summed E-state index contributed by atoms with van der Waals surface area (Å²) in [6.07, 6.45) is 8.28. The second kappa shape index (κ2) is 6.36. The lowest BCUT2D eigenvalue weighted by molar-refractivity contribution is -0.131. The molecule has 0 aromatic rings. The van der Waals surface area contributed by atoms with Crippen LogP contribution in [-0.2, 0) is 4.79 Å². The summed E-state index contributed by atoms with van der Waals surface area (Å²) in [5.74, 6) is 0.102. The van der Waals surface area contributed by atoms with Gasteiger partial charge in [0.2, 0.25) is 5.91 Å². The van der Waals surface area contributed by atoms with Crippen LogP contribution in [0.5, 0.6) is 0 Å². The number of nitrogens with two attached hydrogens (primary N) is 1. The Balaban J connectivity index is 1.79. The van der Waals surface area contributed by atoms with Gasteiger partial charge in [-0.1, -0.05) is 25.7 Å². The van der Waals surface area contributed by atoms with Crippen molar-refractivity contribution in [3.8, 4) is 0 Å². The summed E-state index contributed by atoms with van der Waals surface area (Å²) < 4.78 is 0. The minimum Gasteiger partial charge on any atom is -0.339 e. The zero-order valence-corrected chi connectivity index (χ0v) is 10.7. The number of carbonyl (C=O) groups is 1. The van der Waals surface area contributed by atoms with Crippen LogP contribution in [0.1, 0.15) is 38.5 Å². The lowest BCUT2D eigenvalue weighted by Crippen LogP contribution is -2.53. The van der Waals surface area contributed by atoms with Crippen molar-refractivity contribution in [2.75, 3.05) is 32.7 Å². The van der Waals surface area contributed by atoms with Crippen molar-refractivity contribution in [2.45, 2.75) is 44.6 Å². The highest BCUT2D eigenvalue weighted by atomic mass is 16.2. The zero-order chi connectivity index (χ0) is 12.1. The van der Waals surface area contributed by atoms with Gasteiger partial charge in [-0.05, 0) is 12.8 Å². The third-order valence-corrected chi connectivity index (χ3v) is 4.18. The number of rotatable bonds is 2. The van der Waals surface area contributed by atoms with E-state index in [1.807, 2.05) is 4.90 Å². The van der Waals surface area contributed by atoms with Crippen molar-refractivity contribution < 1.29 is 4.79 Å². The van der Waals surface area contributed by atoms with Crippen molar-refractivity contribution in [3.05, 3.63) is 0 Å². The highest BCUT2D eigenvalue weighted by Gasteiger charge is 2.25. The Bertz CT molecular complexity index is 241. The molecule has 0 radical (unpaired) electrons. The Labute approximate surface area is 104 Å². The van der Waals surface area contributed by atoms with E-state index in [4.69, 9.17) is 5.73 Å². The Morgan fingerprint density at radius 3 is 2.12 bits per heavy atom. The summed E-state index contributed by atoms with van der Waals surface area (Å²) in [6, 6.07) is 0.771. The molecule has 4 nitrogen and oxygen atoms in total. The van der Waals surface area contributed by atoms with Crippen molar-refractivity contribution in [1.82, 2.24) is 9.80 Å². The first kappa shape index (κ1) is 12.8. The van der Waals surface area contributed by atoms with Crippen molar-refractivity contribution >= 4 is 5.91 Å². The molecule has 1 aliphatic carbocycles. The number of amides is 1. The first-order valence-electron chi connectivity index (χ1n) is 7.03. The van der Waals surface area contributed by atoms with E-state index in [1.165, 1.54) is 38.5 Å². The Morgan fingerprint density at radius 1 is 1.00 bits per heavy atom. The summed E-state index contributed by atoms with van der Waals surface area (Å²) in [5, 5.41) is 0. The molecule has 98 valence electrons. The van der Waals surface area contributed by atoms with Crippen LogP contribution in [0.25, 0.3) is 0 Å². The van der Waals surface area contributed by atoms with Crippen LogP contribution in [-0.4, -0.2) is 54.5 Å². The molecule has 1 aliphatic heterocycles. The van der Waals surface area contributed by atoms with Gasteiger partial charge in [0.25, 0.3) is 0 Å². The van der Waals surface area contributed by atoms with Gasteiger partial charge < -0.3 is 10.6 Å². The van der Waals surface area contributed by atoms with Gasteiger partial charge in [-0.15, -0.1) is 0 Å². The van der Waals surface area contributed by atoms with Gasteiger partial charge in [-0.3, -0.25) is 9.69 Å². The summed E-state index contributed by atoms with van der Waals surface area (Å²) in [4.78, 5) is 16.0. The summed E-state index contributed by atoms with van der Waals surface area (Å²) >= 11 is 0. The van der Waals surface area contributed by atoms with Gasteiger partial charge in [0.15, 0.2) is 0 Å². The van der Waals surface area contributed by atoms with Crippen LogP contribution in [0.4, 0.5) is 0 Å². The van der Waals surface area contributed by atoms with Crippen LogP contribution in [0.2, 0.25) is 0 Å². The number of hydrogen-bond donors (Lipinski definition) is 1. The summed E-state index contributed by atoms with van der Waals surface area (Å²) in [5.41, 5.74) is 5.40. The maximum Gasteiger partial charge on any atom is 0.236 e. The third kappa shape index (κ3) is 3.42. The molecule has 2 rings (SSSR count). The highest BCUT2D eigenvalue weighted by Crippen LogP contribution is 2.22. The molecular weight excluding hydrogens is 214 g/mol. The van der Waals surface area contributed by atoms with E-state index in [0.717, 1.165) is 32.2 Å². The second-order valence-corrected chi connectivity index (χ2v) is 5.27. The molecule has 1 saturated heterocycles. The monoisotopic (exact) mass is 239 g/mol. The number of hydrogen-bond acceptors (Lipinski definition) is 3. The van der Waals surface area contributed by atoms with Crippen molar-refractivity contribution in [1.29, 1.82) is 0 Å². The van der Waals surface area contributed by atoms with Gasteiger partial charge in [-0.2, -0.15) is 0 Å². The molecule has 2 fully saturated rings. The molecule has 1 saturated carbocycles. The predicted molar refractivity (Wildman–Crippen MR) is 68.7 cm³/mol. The molecule has 0 aromatic heterocycles. The number of piperazine rings is 1. The fourth-order valence-electron chi connectivity index (χ4n) is 3.09. The van der Waals surface area contributed by atoms with Crippen LogP contribution >= 0.6 is 0 Å². The lowest BCUT2D eigenvalue weighted by Gasteiger charge is -2.39. The molecule has 1 heterocycles. The first-order chi connectivity index (χ1) is 8.31. The average molecular weight is 239 g/mol. The fourth-order valence-corrected chi connectivity index (χ4v) is 3.09. The minimum absolute atomic E-state index is 0.102.